The van der Waals surface area contributed by atoms with Crippen molar-refractivity contribution in [3.63, 3.8) is 0 Å². The first-order valence-electron chi connectivity index (χ1n) is 9.91. The Morgan fingerprint density at radius 3 is 2.48 bits per heavy atom. The zero-order valence-electron chi connectivity index (χ0n) is 16.8. The van der Waals surface area contributed by atoms with Crippen LogP contribution in [0.15, 0.2) is 54.9 Å². The Morgan fingerprint density at radius 2 is 1.72 bits per heavy atom. The number of hydrogen-bond acceptors (Lipinski definition) is 5. The van der Waals surface area contributed by atoms with Crippen molar-refractivity contribution in [3.8, 4) is 0 Å². The number of aryl methyl sites for hydroxylation is 2. The van der Waals surface area contributed by atoms with Gasteiger partial charge in [0.05, 0.1) is 0 Å². The van der Waals surface area contributed by atoms with Crippen LogP contribution in [-0.2, 0) is 0 Å². The van der Waals surface area contributed by atoms with Crippen molar-refractivity contribution in [1.82, 2.24) is 9.97 Å². The molecule has 4 rings (SSSR count). The molecule has 1 fully saturated rings. The molecule has 2 aromatic carbocycles. The molecule has 2 heterocycles. The lowest BCUT2D eigenvalue weighted by atomic mass is 10.1. The molecule has 0 spiro atoms. The maximum absolute atomic E-state index is 12.6. The van der Waals surface area contributed by atoms with Gasteiger partial charge in [0, 0.05) is 36.2 Å². The molecule has 0 aliphatic carbocycles. The molecule has 0 unspecified atom stereocenters. The molecule has 0 atom stereocenters. The van der Waals surface area contributed by atoms with E-state index < -0.39 is 0 Å². The van der Waals surface area contributed by atoms with Gasteiger partial charge in [-0.3, -0.25) is 4.79 Å². The standard InChI is InChI=1S/C23H25N5O/c1-16-5-6-17(2)20(13-16)27-23(29)21-14-22(25-15-24-21)26-18-7-9-19(10-8-18)28-11-3-4-12-28/h5-10,13-15H,3-4,11-12H2,1-2H3,(H,27,29)(H,24,25,26). The lowest BCUT2D eigenvalue weighted by molar-refractivity contribution is 0.102. The summed E-state index contributed by atoms with van der Waals surface area (Å²) >= 11 is 0. The quantitative estimate of drug-likeness (QED) is 0.665. The van der Waals surface area contributed by atoms with Gasteiger partial charge in [-0.1, -0.05) is 12.1 Å². The number of nitrogens with zero attached hydrogens (tertiary/aromatic N) is 3. The average Bonchev–Trinajstić information content (AvgIpc) is 3.26. The van der Waals surface area contributed by atoms with Crippen LogP contribution < -0.4 is 15.5 Å². The van der Waals surface area contributed by atoms with Crippen molar-refractivity contribution in [2.45, 2.75) is 26.7 Å². The number of rotatable bonds is 5. The smallest absolute Gasteiger partial charge is 0.274 e. The Hall–Kier alpha value is -3.41. The number of hydrogen-bond donors (Lipinski definition) is 2. The normalized spacial score (nSPS) is 13.4. The molecule has 1 aromatic heterocycles. The highest BCUT2D eigenvalue weighted by atomic mass is 16.1. The summed E-state index contributed by atoms with van der Waals surface area (Å²) in [5, 5.41) is 6.19. The number of anilines is 4. The maximum atomic E-state index is 12.6. The average molecular weight is 387 g/mol. The molecule has 6 nitrogen and oxygen atoms in total. The summed E-state index contributed by atoms with van der Waals surface area (Å²) < 4.78 is 0. The van der Waals surface area contributed by atoms with Crippen molar-refractivity contribution in [2.75, 3.05) is 28.6 Å². The minimum absolute atomic E-state index is 0.256. The monoisotopic (exact) mass is 387 g/mol. The van der Waals surface area contributed by atoms with E-state index in [-0.39, 0.29) is 5.91 Å². The highest BCUT2D eigenvalue weighted by Gasteiger charge is 2.13. The van der Waals surface area contributed by atoms with Gasteiger partial charge in [-0.15, -0.1) is 0 Å². The minimum atomic E-state index is -0.256. The van der Waals surface area contributed by atoms with Crippen LogP contribution >= 0.6 is 0 Å². The van der Waals surface area contributed by atoms with Gasteiger partial charge in [0.1, 0.15) is 17.8 Å². The second-order valence-corrected chi connectivity index (χ2v) is 7.43. The van der Waals surface area contributed by atoms with E-state index in [0.717, 1.165) is 35.6 Å². The number of carbonyl (C=O) groups excluding carboxylic acids is 1. The van der Waals surface area contributed by atoms with Crippen LogP contribution in [0, 0.1) is 13.8 Å². The van der Waals surface area contributed by atoms with Crippen LogP contribution in [0.4, 0.5) is 22.9 Å². The zero-order chi connectivity index (χ0) is 20.2. The van der Waals surface area contributed by atoms with Gasteiger partial charge in [0.15, 0.2) is 0 Å². The summed E-state index contributed by atoms with van der Waals surface area (Å²) in [6.45, 7) is 6.21. The molecule has 0 saturated carbocycles. The number of carbonyl (C=O) groups is 1. The second-order valence-electron chi connectivity index (χ2n) is 7.43. The van der Waals surface area contributed by atoms with Crippen LogP contribution in [0.3, 0.4) is 0 Å². The molecule has 148 valence electrons. The van der Waals surface area contributed by atoms with Crippen molar-refractivity contribution < 1.29 is 4.79 Å². The number of nitrogens with one attached hydrogen (secondary N) is 2. The first-order chi connectivity index (χ1) is 14.1. The van der Waals surface area contributed by atoms with E-state index in [4.69, 9.17) is 0 Å². The summed E-state index contributed by atoms with van der Waals surface area (Å²) in [5.74, 6) is 0.327. The third-order valence-corrected chi connectivity index (χ3v) is 5.15. The van der Waals surface area contributed by atoms with E-state index in [1.807, 2.05) is 44.2 Å². The molecule has 2 N–H and O–H groups in total. The van der Waals surface area contributed by atoms with Gasteiger partial charge in [-0.05, 0) is 68.1 Å². The van der Waals surface area contributed by atoms with Crippen molar-refractivity contribution in [1.29, 1.82) is 0 Å². The van der Waals surface area contributed by atoms with Gasteiger partial charge in [0.25, 0.3) is 5.91 Å². The van der Waals surface area contributed by atoms with Crippen LogP contribution in [0.1, 0.15) is 34.5 Å². The first-order valence-corrected chi connectivity index (χ1v) is 9.91. The summed E-state index contributed by atoms with van der Waals surface area (Å²) in [5.41, 5.74) is 5.37. The predicted octanol–water partition coefficient (Wildman–Crippen LogP) is 4.69. The highest BCUT2D eigenvalue weighted by Crippen LogP contribution is 2.24. The molecule has 1 aliphatic rings. The van der Waals surface area contributed by atoms with Gasteiger partial charge in [-0.2, -0.15) is 0 Å². The van der Waals surface area contributed by atoms with Crippen LogP contribution in [-0.4, -0.2) is 29.0 Å². The Balaban J connectivity index is 1.45. The van der Waals surface area contributed by atoms with E-state index in [9.17, 15) is 4.79 Å². The Bertz CT molecular complexity index is 1010. The molecule has 0 bridgehead atoms. The van der Waals surface area contributed by atoms with Gasteiger partial charge < -0.3 is 15.5 Å². The molecule has 1 saturated heterocycles. The van der Waals surface area contributed by atoms with Gasteiger partial charge in [0.2, 0.25) is 0 Å². The largest absolute Gasteiger partial charge is 0.372 e. The van der Waals surface area contributed by atoms with Gasteiger partial charge in [-0.25, -0.2) is 9.97 Å². The molecule has 1 aliphatic heterocycles. The Morgan fingerprint density at radius 1 is 0.966 bits per heavy atom. The van der Waals surface area contributed by atoms with Crippen LogP contribution in [0.2, 0.25) is 0 Å². The fourth-order valence-corrected chi connectivity index (χ4v) is 3.49. The van der Waals surface area contributed by atoms with E-state index in [1.165, 1.54) is 24.9 Å². The van der Waals surface area contributed by atoms with Crippen molar-refractivity contribution in [3.05, 3.63) is 71.7 Å². The lowest BCUT2D eigenvalue weighted by Crippen LogP contribution is -2.17. The molecule has 0 radical (unpaired) electrons. The molecule has 29 heavy (non-hydrogen) atoms. The molecule has 6 heteroatoms. The number of aromatic nitrogens is 2. The van der Waals surface area contributed by atoms with Crippen molar-refractivity contribution >= 4 is 28.8 Å². The predicted molar refractivity (Wildman–Crippen MR) is 117 cm³/mol. The van der Waals surface area contributed by atoms with Crippen LogP contribution in [0.5, 0.6) is 0 Å². The van der Waals surface area contributed by atoms with E-state index >= 15 is 0 Å². The molecule has 1 amide bonds. The van der Waals surface area contributed by atoms with Gasteiger partial charge >= 0.3 is 0 Å². The highest BCUT2D eigenvalue weighted by molar-refractivity contribution is 6.03. The van der Waals surface area contributed by atoms with E-state index in [1.54, 1.807) is 6.07 Å². The SMILES string of the molecule is Cc1ccc(C)c(NC(=O)c2cc(Nc3ccc(N4CCCC4)cc3)ncn2)c1. The molecular weight excluding hydrogens is 362 g/mol. The Labute approximate surface area is 171 Å². The fourth-order valence-electron chi connectivity index (χ4n) is 3.49. The van der Waals surface area contributed by atoms with E-state index in [0.29, 0.717) is 11.5 Å². The van der Waals surface area contributed by atoms with Crippen molar-refractivity contribution in [2.24, 2.45) is 0 Å². The summed E-state index contributed by atoms with van der Waals surface area (Å²) in [4.78, 5) is 23.4. The first kappa shape index (κ1) is 18.9. The van der Waals surface area contributed by atoms with E-state index in [2.05, 4.69) is 37.6 Å². The summed E-state index contributed by atoms with van der Waals surface area (Å²) in [6, 6.07) is 15.9. The summed E-state index contributed by atoms with van der Waals surface area (Å²) in [6.07, 6.45) is 3.92. The Kier molecular flexibility index (Phi) is 5.42. The summed E-state index contributed by atoms with van der Waals surface area (Å²) in [7, 11) is 0. The molecular formula is C23H25N5O. The lowest BCUT2D eigenvalue weighted by Gasteiger charge is -2.18. The topological polar surface area (TPSA) is 70.2 Å². The number of amides is 1. The third kappa shape index (κ3) is 4.54. The second kappa shape index (κ2) is 8.31. The van der Waals surface area contributed by atoms with Crippen LogP contribution in [0.25, 0.3) is 0 Å². The third-order valence-electron chi connectivity index (χ3n) is 5.15. The number of benzene rings is 2. The zero-order valence-corrected chi connectivity index (χ0v) is 16.8. The maximum Gasteiger partial charge on any atom is 0.274 e. The molecule has 3 aromatic rings. The minimum Gasteiger partial charge on any atom is -0.372 e. The fraction of sp³-hybridized carbons (Fsp3) is 0.261.